The highest BCUT2D eigenvalue weighted by molar-refractivity contribution is 8.20. The monoisotopic (exact) mass is 370 g/mol. The second-order valence-electron chi connectivity index (χ2n) is 5.19. The number of thioether (sulfide) groups is 3. The average Bonchev–Trinajstić information content (AvgIpc) is 3.03. The fourth-order valence-electron chi connectivity index (χ4n) is 2.00. The number of methoxy groups -OCH3 is 1. The molecular weight excluding hydrogens is 348 g/mol. The number of rotatable bonds is 8. The zero-order valence-corrected chi connectivity index (χ0v) is 15.9. The Morgan fingerprint density at radius 2 is 2.13 bits per heavy atom. The van der Waals surface area contributed by atoms with Gasteiger partial charge in [0.15, 0.2) is 0 Å². The topological polar surface area (TPSA) is 35.5 Å². The highest BCUT2D eigenvalue weighted by Crippen LogP contribution is 2.50. The predicted molar refractivity (Wildman–Crippen MR) is 103 cm³/mol. The summed E-state index contributed by atoms with van der Waals surface area (Å²) in [6.45, 7) is 5.70. The first-order valence-corrected chi connectivity index (χ1v) is 10.6. The molecule has 0 amide bonds. The molecule has 1 aliphatic heterocycles. The molecule has 2 atom stereocenters. The maximum absolute atomic E-state index is 11.3. The van der Waals surface area contributed by atoms with Gasteiger partial charge in [0, 0.05) is 28.1 Å². The molecule has 1 aromatic rings. The Bertz CT molecular complexity index is 530. The molecule has 1 fully saturated rings. The predicted octanol–water partition coefficient (Wildman–Crippen LogP) is 4.39. The van der Waals surface area contributed by atoms with Gasteiger partial charge in [-0.2, -0.15) is 11.8 Å². The number of ether oxygens (including phenoxy) is 2. The minimum Gasteiger partial charge on any atom is -0.497 e. The maximum atomic E-state index is 11.3. The van der Waals surface area contributed by atoms with Gasteiger partial charge in [-0.3, -0.25) is 0 Å². The van der Waals surface area contributed by atoms with Crippen molar-refractivity contribution in [3.8, 4) is 5.75 Å². The molecule has 1 aromatic carbocycles. The van der Waals surface area contributed by atoms with E-state index in [-0.39, 0.29) is 5.97 Å². The van der Waals surface area contributed by atoms with Crippen molar-refractivity contribution >= 4 is 41.3 Å². The van der Waals surface area contributed by atoms with Crippen LogP contribution >= 0.6 is 35.3 Å². The van der Waals surface area contributed by atoms with Crippen molar-refractivity contribution in [2.75, 3.05) is 31.0 Å². The molecule has 6 heteroatoms. The van der Waals surface area contributed by atoms with Gasteiger partial charge < -0.3 is 9.47 Å². The molecule has 0 radical (unpaired) electrons. The molecule has 1 saturated heterocycles. The van der Waals surface area contributed by atoms with E-state index in [1.165, 1.54) is 11.3 Å². The van der Waals surface area contributed by atoms with E-state index in [4.69, 9.17) is 9.47 Å². The SMILES string of the molecule is C=C(C)C(=O)OCCSCC1CSC(c2ccc(OC)cc2)S1. The molecule has 3 nitrogen and oxygen atoms in total. The smallest absolute Gasteiger partial charge is 0.333 e. The lowest BCUT2D eigenvalue weighted by atomic mass is 10.2. The summed E-state index contributed by atoms with van der Waals surface area (Å²) in [6.07, 6.45) is 0. The first-order chi connectivity index (χ1) is 11.1. The van der Waals surface area contributed by atoms with Crippen LogP contribution in [0.4, 0.5) is 0 Å². The van der Waals surface area contributed by atoms with Gasteiger partial charge >= 0.3 is 5.97 Å². The summed E-state index contributed by atoms with van der Waals surface area (Å²) in [6, 6.07) is 8.34. The van der Waals surface area contributed by atoms with Crippen LogP contribution < -0.4 is 4.74 Å². The quantitative estimate of drug-likeness (QED) is 0.383. The summed E-state index contributed by atoms with van der Waals surface area (Å²) in [4.78, 5) is 11.3. The van der Waals surface area contributed by atoms with Crippen molar-refractivity contribution in [2.24, 2.45) is 0 Å². The Morgan fingerprint density at radius 1 is 1.39 bits per heavy atom. The molecule has 0 spiro atoms. The largest absolute Gasteiger partial charge is 0.497 e. The summed E-state index contributed by atoms with van der Waals surface area (Å²) in [5.74, 6) is 3.71. The third-order valence-electron chi connectivity index (χ3n) is 3.25. The molecule has 2 rings (SSSR count). The fraction of sp³-hybridized carbons (Fsp3) is 0.471. The Balaban J connectivity index is 1.65. The average molecular weight is 371 g/mol. The van der Waals surface area contributed by atoms with E-state index in [0.29, 0.717) is 22.0 Å². The van der Waals surface area contributed by atoms with Crippen LogP contribution in [-0.4, -0.2) is 42.2 Å². The van der Waals surface area contributed by atoms with Crippen molar-refractivity contribution in [2.45, 2.75) is 16.8 Å². The van der Waals surface area contributed by atoms with Crippen molar-refractivity contribution in [1.29, 1.82) is 0 Å². The summed E-state index contributed by atoms with van der Waals surface area (Å²) in [5, 5.41) is 0.647. The van der Waals surface area contributed by atoms with Gasteiger partial charge in [0.2, 0.25) is 0 Å². The van der Waals surface area contributed by atoms with Crippen LogP contribution in [0.5, 0.6) is 5.75 Å². The van der Waals surface area contributed by atoms with Gasteiger partial charge in [0.25, 0.3) is 0 Å². The van der Waals surface area contributed by atoms with Crippen LogP contribution in [0, 0.1) is 0 Å². The highest BCUT2D eigenvalue weighted by Gasteiger charge is 2.27. The zero-order valence-electron chi connectivity index (χ0n) is 13.4. The van der Waals surface area contributed by atoms with E-state index in [1.807, 2.05) is 47.4 Å². The fourth-order valence-corrected chi connectivity index (χ4v) is 6.60. The summed E-state index contributed by atoms with van der Waals surface area (Å²) in [5.41, 5.74) is 1.81. The third kappa shape index (κ3) is 6.01. The molecule has 23 heavy (non-hydrogen) atoms. The number of benzene rings is 1. The summed E-state index contributed by atoms with van der Waals surface area (Å²) < 4.78 is 10.8. The maximum Gasteiger partial charge on any atom is 0.333 e. The van der Waals surface area contributed by atoms with Gasteiger partial charge in [-0.05, 0) is 24.6 Å². The van der Waals surface area contributed by atoms with E-state index in [9.17, 15) is 4.79 Å². The van der Waals surface area contributed by atoms with Crippen molar-refractivity contribution in [3.63, 3.8) is 0 Å². The molecular formula is C17H22O3S3. The molecule has 0 aromatic heterocycles. The van der Waals surface area contributed by atoms with Crippen LogP contribution in [-0.2, 0) is 9.53 Å². The Morgan fingerprint density at radius 3 is 2.78 bits per heavy atom. The lowest BCUT2D eigenvalue weighted by Gasteiger charge is -2.11. The van der Waals surface area contributed by atoms with Crippen LogP contribution in [0.1, 0.15) is 17.1 Å². The molecule has 0 bridgehead atoms. The van der Waals surface area contributed by atoms with E-state index < -0.39 is 0 Å². The van der Waals surface area contributed by atoms with Crippen molar-refractivity contribution in [1.82, 2.24) is 0 Å². The van der Waals surface area contributed by atoms with Crippen molar-refractivity contribution in [3.05, 3.63) is 42.0 Å². The minimum absolute atomic E-state index is 0.295. The first-order valence-electron chi connectivity index (χ1n) is 7.41. The summed E-state index contributed by atoms with van der Waals surface area (Å²) in [7, 11) is 1.69. The van der Waals surface area contributed by atoms with Crippen LogP contribution in [0.3, 0.4) is 0 Å². The highest BCUT2D eigenvalue weighted by atomic mass is 32.2. The number of carbonyl (C=O) groups excluding carboxylic acids is 1. The normalized spacial score (nSPS) is 20.3. The lowest BCUT2D eigenvalue weighted by molar-refractivity contribution is -0.138. The third-order valence-corrected chi connectivity index (χ3v) is 7.91. The Kier molecular flexibility index (Phi) is 7.73. The number of carbonyl (C=O) groups is 1. The lowest BCUT2D eigenvalue weighted by Crippen LogP contribution is -2.10. The summed E-state index contributed by atoms with van der Waals surface area (Å²) >= 11 is 5.87. The second kappa shape index (κ2) is 9.55. The van der Waals surface area contributed by atoms with E-state index in [0.717, 1.165) is 17.3 Å². The van der Waals surface area contributed by atoms with E-state index in [1.54, 1.807) is 14.0 Å². The van der Waals surface area contributed by atoms with Gasteiger partial charge in [-0.15, -0.1) is 23.5 Å². The van der Waals surface area contributed by atoms with Gasteiger partial charge in [0.1, 0.15) is 12.4 Å². The van der Waals surface area contributed by atoms with Crippen molar-refractivity contribution < 1.29 is 14.3 Å². The molecule has 0 aliphatic carbocycles. The van der Waals surface area contributed by atoms with E-state index in [2.05, 4.69) is 18.7 Å². The van der Waals surface area contributed by atoms with E-state index >= 15 is 0 Å². The zero-order chi connectivity index (χ0) is 16.7. The molecule has 1 heterocycles. The molecule has 126 valence electrons. The van der Waals surface area contributed by atoms with Crippen LogP contribution in [0.2, 0.25) is 0 Å². The van der Waals surface area contributed by atoms with Gasteiger partial charge in [0.05, 0.1) is 11.7 Å². The molecule has 0 saturated carbocycles. The number of hydrogen-bond acceptors (Lipinski definition) is 6. The number of hydrogen-bond donors (Lipinski definition) is 0. The second-order valence-corrected chi connectivity index (χ2v) is 9.18. The Labute approximate surface area is 151 Å². The molecule has 0 N–H and O–H groups in total. The van der Waals surface area contributed by atoms with Gasteiger partial charge in [-0.25, -0.2) is 4.79 Å². The molecule has 1 aliphatic rings. The standard InChI is InChI=1S/C17H22O3S3/c1-12(2)16(18)20-8-9-21-10-15-11-22-17(23-15)13-4-6-14(19-3)7-5-13/h4-7,15,17H,1,8-11H2,2-3H3. The van der Waals surface area contributed by atoms with Crippen LogP contribution in [0.25, 0.3) is 0 Å². The van der Waals surface area contributed by atoms with Crippen LogP contribution in [0.15, 0.2) is 36.4 Å². The first kappa shape index (κ1) is 18.6. The molecule has 2 unspecified atom stereocenters. The number of esters is 1. The Hall–Kier alpha value is -0.720. The van der Waals surface area contributed by atoms with Gasteiger partial charge in [-0.1, -0.05) is 18.7 Å². The minimum atomic E-state index is -0.295.